The van der Waals surface area contributed by atoms with E-state index in [9.17, 15) is 5.11 Å². The molecule has 1 aromatic carbocycles. The van der Waals surface area contributed by atoms with Crippen molar-refractivity contribution in [2.75, 3.05) is 7.11 Å². The van der Waals surface area contributed by atoms with Gasteiger partial charge in [-0.05, 0) is 17.5 Å². The minimum absolute atomic E-state index is 0.454. The third kappa shape index (κ3) is 3.29. The van der Waals surface area contributed by atoms with Crippen molar-refractivity contribution in [1.82, 2.24) is 9.97 Å². The number of rotatable bonds is 5. The van der Waals surface area contributed by atoms with Gasteiger partial charge in [-0.25, -0.2) is 9.97 Å². The quantitative estimate of drug-likeness (QED) is 0.894. The van der Waals surface area contributed by atoms with Crippen molar-refractivity contribution in [3.05, 3.63) is 53.5 Å². The normalized spacial score (nSPS) is 12.2. The highest BCUT2D eigenvalue weighted by Gasteiger charge is 2.13. The van der Waals surface area contributed by atoms with Gasteiger partial charge in [0.1, 0.15) is 6.33 Å². The first-order valence-corrected chi connectivity index (χ1v) is 6.35. The molecule has 0 radical (unpaired) electrons. The molecule has 4 heteroatoms. The van der Waals surface area contributed by atoms with E-state index < -0.39 is 6.10 Å². The van der Waals surface area contributed by atoms with Crippen LogP contribution in [-0.2, 0) is 12.8 Å². The molecule has 0 saturated carbocycles. The first-order valence-electron chi connectivity index (χ1n) is 6.35. The molecule has 1 unspecified atom stereocenters. The Bertz CT molecular complexity index is 543. The molecule has 0 spiro atoms. The number of aliphatic hydroxyl groups excluding tert-OH is 1. The summed E-state index contributed by atoms with van der Waals surface area (Å²) in [5.74, 6) is 0.515. The average molecular weight is 258 g/mol. The minimum Gasteiger partial charge on any atom is -0.481 e. The summed E-state index contributed by atoms with van der Waals surface area (Å²) in [7, 11) is 1.56. The highest BCUT2D eigenvalue weighted by Crippen LogP contribution is 2.22. The zero-order valence-electron chi connectivity index (χ0n) is 11.2. The molecule has 0 aliphatic heterocycles. The highest BCUT2D eigenvalue weighted by atomic mass is 16.5. The standard InChI is InChI=1S/C15H18N2O2/c1-3-11-6-4-5-7-13(11)14(18)8-12-9-15(19-2)17-10-16-12/h4-7,9-10,14,18H,3,8H2,1-2H3. The molecule has 0 aliphatic carbocycles. The summed E-state index contributed by atoms with van der Waals surface area (Å²) in [6.07, 6.45) is 2.25. The van der Waals surface area contributed by atoms with Gasteiger partial charge in [0.15, 0.2) is 0 Å². The number of methoxy groups -OCH3 is 1. The average Bonchev–Trinajstić information content (AvgIpc) is 2.47. The molecule has 0 bridgehead atoms. The minimum atomic E-state index is -0.559. The molecule has 1 N–H and O–H groups in total. The summed E-state index contributed by atoms with van der Waals surface area (Å²) >= 11 is 0. The molecule has 0 aliphatic rings. The fourth-order valence-corrected chi connectivity index (χ4v) is 2.09. The Hall–Kier alpha value is -1.94. The number of nitrogens with zero attached hydrogens (tertiary/aromatic N) is 2. The Morgan fingerprint density at radius 1 is 1.26 bits per heavy atom. The van der Waals surface area contributed by atoms with Crippen molar-refractivity contribution in [2.45, 2.75) is 25.9 Å². The molecule has 4 nitrogen and oxygen atoms in total. The second kappa shape index (κ2) is 6.29. The van der Waals surface area contributed by atoms with Crippen LogP contribution in [0.1, 0.15) is 29.8 Å². The second-order valence-electron chi connectivity index (χ2n) is 4.32. The van der Waals surface area contributed by atoms with Crippen LogP contribution in [-0.4, -0.2) is 22.2 Å². The van der Waals surface area contributed by atoms with Gasteiger partial charge >= 0.3 is 0 Å². The van der Waals surface area contributed by atoms with Gasteiger partial charge in [-0.3, -0.25) is 0 Å². The van der Waals surface area contributed by atoms with Gasteiger partial charge < -0.3 is 9.84 Å². The highest BCUT2D eigenvalue weighted by molar-refractivity contribution is 5.30. The Morgan fingerprint density at radius 3 is 2.79 bits per heavy atom. The number of benzene rings is 1. The fourth-order valence-electron chi connectivity index (χ4n) is 2.09. The number of hydrogen-bond donors (Lipinski definition) is 1. The van der Waals surface area contributed by atoms with Crippen molar-refractivity contribution in [3.63, 3.8) is 0 Å². The molecule has 0 fully saturated rings. The van der Waals surface area contributed by atoms with Gasteiger partial charge in [-0.1, -0.05) is 31.2 Å². The predicted octanol–water partition coefficient (Wildman–Crippen LogP) is 2.32. The monoisotopic (exact) mass is 258 g/mol. The molecule has 19 heavy (non-hydrogen) atoms. The Labute approximate surface area is 113 Å². The van der Waals surface area contributed by atoms with Crippen molar-refractivity contribution in [1.29, 1.82) is 0 Å². The third-order valence-electron chi connectivity index (χ3n) is 3.11. The van der Waals surface area contributed by atoms with Crippen LogP contribution in [0.3, 0.4) is 0 Å². The lowest BCUT2D eigenvalue weighted by molar-refractivity contribution is 0.176. The van der Waals surface area contributed by atoms with Crippen LogP contribution in [0.15, 0.2) is 36.7 Å². The van der Waals surface area contributed by atoms with E-state index >= 15 is 0 Å². The molecule has 1 heterocycles. The van der Waals surface area contributed by atoms with Crippen molar-refractivity contribution < 1.29 is 9.84 Å². The predicted molar refractivity (Wildman–Crippen MR) is 73.1 cm³/mol. The molecule has 1 aromatic heterocycles. The molecule has 100 valence electrons. The fraction of sp³-hybridized carbons (Fsp3) is 0.333. The van der Waals surface area contributed by atoms with Crippen molar-refractivity contribution in [3.8, 4) is 5.88 Å². The van der Waals surface area contributed by atoms with E-state index in [-0.39, 0.29) is 0 Å². The second-order valence-corrected chi connectivity index (χ2v) is 4.32. The smallest absolute Gasteiger partial charge is 0.216 e. The zero-order valence-corrected chi connectivity index (χ0v) is 11.2. The number of ether oxygens (including phenoxy) is 1. The number of aryl methyl sites for hydroxylation is 1. The summed E-state index contributed by atoms with van der Waals surface area (Å²) < 4.78 is 5.05. The third-order valence-corrected chi connectivity index (χ3v) is 3.11. The van der Waals surface area contributed by atoms with Crippen LogP contribution in [0.25, 0.3) is 0 Å². The Balaban J connectivity index is 2.18. The molecule has 0 saturated heterocycles. The van der Waals surface area contributed by atoms with E-state index in [0.29, 0.717) is 12.3 Å². The van der Waals surface area contributed by atoms with Crippen LogP contribution in [0.2, 0.25) is 0 Å². The molecular weight excluding hydrogens is 240 g/mol. The van der Waals surface area contributed by atoms with Crippen molar-refractivity contribution in [2.24, 2.45) is 0 Å². The summed E-state index contributed by atoms with van der Waals surface area (Å²) in [5.41, 5.74) is 2.89. The van der Waals surface area contributed by atoms with Gasteiger partial charge in [0, 0.05) is 12.5 Å². The number of aromatic nitrogens is 2. The molecule has 0 amide bonds. The largest absolute Gasteiger partial charge is 0.481 e. The first-order chi connectivity index (χ1) is 9.24. The van der Waals surface area contributed by atoms with Crippen LogP contribution in [0.4, 0.5) is 0 Å². The maximum Gasteiger partial charge on any atom is 0.216 e. The Morgan fingerprint density at radius 2 is 2.05 bits per heavy atom. The topological polar surface area (TPSA) is 55.2 Å². The van der Waals surface area contributed by atoms with E-state index in [0.717, 1.165) is 23.2 Å². The summed E-state index contributed by atoms with van der Waals surface area (Å²) in [6, 6.07) is 9.68. The van der Waals surface area contributed by atoms with E-state index in [1.54, 1.807) is 13.2 Å². The number of hydrogen-bond acceptors (Lipinski definition) is 4. The maximum absolute atomic E-state index is 10.3. The van der Waals surface area contributed by atoms with Crippen molar-refractivity contribution >= 4 is 0 Å². The van der Waals surface area contributed by atoms with Gasteiger partial charge in [0.25, 0.3) is 0 Å². The van der Waals surface area contributed by atoms with E-state index in [1.807, 2.05) is 24.3 Å². The van der Waals surface area contributed by atoms with Crippen LogP contribution in [0, 0.1) is 0 Å². The zero-order chi connectivity index (χ0) is 13.7. The maximum atomic E-state index is 10.3. The van der Waals surface area contributed by atoms with Crippen LogP contribution in [0.5, 0.6) is 5.88 Å². The molecular formula is C15H18N2O2. The molecule has 1 atom stereocenters. The molecule has 2 aromatic rings. The summed E-state index contributed by atoms with van der Waals surface area (Å²) in [6.45, 7) is 2.08. The van der Waals surface area contributed by atoms with E-state index in [1.165, 1.54) is 6.33 Å². The van der Waals surface area contributed by atoms with Gasteiger partial charge in [0.05, 0.1) is 18.9 Å². The molecule has 2 rings (SSSR count). The van der Waals surface area contributed by atoms with Gasteiger partial charge in [0.2, 0.25) is 5.88 Å². The first kappa shape index (κ1) is 13.5. The van der Waals surface area contributed by atoms with E-state index in [4.69, 9.17) is 4.74 Å². The SMILES string of the molecule is CCc1ccccc1C(O)Cc1cc(OC)ncn1. The lowest BCUT2D eigenvalue weighted by atomic mass is 9.97. The Kier molecular flexibility index (Phi) is 4.47. The van der Waals surface area contributed by atoms with E-state index in [2.05, 4.69) is 16.9 Å². The summed E-state index contributed by atoms with van der Waals surface area (Å²) in [4.78, 5) is 8.11. The van der Waals surface area contributed by atoms with Crippen LogP contribution < -0.4 is 4.74 Å². The summed E-state index contributed by atoms with van der Waals surface area (Å²) in [5, 5.41) is 10.3. The lowest BCUT2D eigenvalue weighted by Gasteiger charge is -2.14. The van der Waals surface area contributed by atoms with Gasteiger partial charge in [-0.2, -0.15) is 0 Å². The number of aliphatic hydroxyl groups is 1. The van der Waals surface area contributed by atoms with Crippen LogP contribution >= 0.6 is 0 Å². The lowest BCUT2D eigenvalue weighted by Crippen LogP contribution is -2.06. The van der Waals surface area contributed by atoms with Gasteiger partial charge in [-0.15, -0.1) is 0 Å².